The summed E-state index contributed by atoms with van der Waals surface area (Å²) in [5.74, 6) is -0.683. The lowest BCUT2D eigenvalue weighted by Crippen LogP contribution is -2.28. The highest BCUT2D eigenvalue weighted by Crippen LogP contribution is 2.41. The van der Waals surface area contributed by atoms with Gasteiger partial charge in [-0.15, -0.1) is 0 Å². The van der Waals surface area contributed by atoms with Gasteiger partial charge in [0.15, 0.2) is 34.3 Å². The molecule has 26 heteroatoms. The van der Waals surface area contributed by atoms with Crippen LogP contribution in [0, 0.1) is 31.9 Å². The van der Waals surface area contributed by atoms with Gasteiger partial charge in [0.1, 0.15) is 59.4 Å². The average Bonchev–Trinajstić information content (AvgIpc) is 1.76. The van der Waals surface area contributed by atoms with Crippen molar-refractivity contribution in [2.24, 2.45) is 0 Å². The highest BCUT2D eigenvalue weighted by atomic mass is 19.1. The van der Waals surface area contributed by atoms with E-state index in [-0.39, 0.29) is 81.4 Å². The van der Waals surface area contributed by atoms with E-state index in [1.54, 1.807) is 60.7 Å². The number of non-ortho nitro benzene ring substituents is 2. The van der Waals surface area contributed by atoms with Crippen molar-refractivity contribution in [2.45, 2.75) is 75.7 Å². The Morgan fingerprint density at radius 1 is 0.523 bits per heavy atom. The minimum Gasteiger partial charge on any atom is -0.494 e. The maximum absolute atomic E-state index is 14.6. The monoisotopic (exact) mass is 1200 g/mol. The number of benzene rings is 6. The second kappa shape index (κ2) is 25.6. The van der Waals surface area contributed by atoms with E-state index in [1.165, 1.54) is 99.7 Å². The molecular formula is C62H54F2N12O12. The number of nitrogen functional groups attached to an aromatic ring is 2. The summed E-state index contributed by atoms with van der Waals surface area (Å²) in [5.41, 5.74) is 16.6. The summed E-state index contributed by atoms with van der Waals surface area (Å²) in [4.78, 5) is 63.7. The van der Waals surface area contributed by atoms with Crippen molar-refractivity contribution in [3.63, 3.8) is 0 Å². The lowest BCUT2D eigenvalue weighted by molar-refractivity contribution is -0.385. The first-order chi connectivity index (χ1) is 42.6. The van der Waals surface area contributed by atoms with Crippen molar-refractivity contribution < 1.29 is 56.6 Å². The van der Waals surface area contributed by atoms with E-state index in [4.69, 9.17) is 50.1 Å². The quantitative estimate of drug-likeness (QED) is 0.0516. The number of nitro benzene ring substituents is 2. The molecular weight excluding hydrogens is 1140 g/mol. The van der Waals surface area contributed by atoms with Gasteiger partial charge in [-0.1, -0.05) is 12.1 Å². The highest BCUT2D eigenvalue weighted by molar-refractivity contribution is 5.99. The molecule has 2 aliphatic rings. The zero-order valence-electron chi connectivity index (χ0n) is 47.1. The fourth-order valence-electron chi connectivity index (χ4n) is 10.8. The number of aromatic nitrogens is 8. The fraction of sp³-hybridized carbons (Fsp3) is 0.226. The molecule has 4 heterocycles. The van der Waals surface area contributed by atoms with Crippen LogP contribution < -0.4 is 30.4 Å². The Hall–Kier alpha value is -11.2. The van der Waals surface area contributed by atoms with Gasteiger partial charge in [-0.25, -0.2) is 38.9 Å². The van der Waals surface area contributed by atoms with Crippen molar-refractivity contribution in [2.75, 3.05) is 25.7 Å². The minimum absolute atomic E-state index is 0.0330. The molecule has 0 amide bonds. The zero-order valence-corrected chi connectivity index (χ0v) is 47.1. The topological polar surface area (TPSA) is 315 Å². The van der Waals surface area contributed by atoms with Crippen molar-refractivity contribution in [1.29, 1.82) is 0 Å². The van der Waals surface area contributed by atoms with Crippen molar-refractivity contribution in [1.82, 2.24) is 39.5 Å². The lowest BCUT2D eigenvalue weighted by atomic mass is 9.93. The average molecular weight is 1200 g/mol. The molecule has 2 fully saturated rings. The standard InChI is InChI=1S/2C31H27FN6O6/c2*1-42-24-6-3-7-25(27(24)32)43-22-14-10-18(11-15-22)28-26-29(33)34-17-35-30(26)37(36-28)21-4-2-5-23(16-21)44-31(39)19-8-12-20(13-9-19)38(40)41/h2*3,6-15,17,21,23H,2,4-5,16H2,1H3,(H2,33,34,35)/t2*21-,23-/m10/s1. The normalized spacial score (nSPS) is 16.4. The molecule has 4 atom stereocenters. The Morgan fingerprint density at radius 2 is 0.898 bits per heavy atom. The zero-order chi connectivity index (χ0) is 61.6. The number of rotatable bonds is 16. The van der Waals surface area contributed by atoms with Crippen molar-refractivity contribution in [3.05, 3.63) is 189 Å². The summed E-state index contributed by atoms with van der Waals surface area (Å²) in [6, 6.07) is 33.7. The number of anilines is 2. The second-order valence-corrected chi connectivity index (χ2v) is 20.6. The van der Waals surface area contributed by atoms with Gasteiger partial charge < -0.3 is 39.9 Å². The fourth-order valence-corrected chi connectivity index (χ4v) is 10.8. The van der Waals surface area contributed by atoms with Crippen LogP contribution in [-0.4, -0.2) is 87.7 Å². The molecule has 2 aliphatic carbocycles. The summed E-state index contributed by atoms with van der Waals surface area (Å²) >= 11 is 0. The van der Waals surface area contributed by atoms with E-state index in [1.807, 2.05) is 9.36 Å². The Kier molecular flexibility index (Phi) is 17.0. The Morgan fingerprint density at radius 3 is 1.26 bits per heavy atom. The van der Waals surface area contributed by atoms with E-state index < -0.39 is 33.4 Å². The number of hydrogen-bond acceptors (Lipinski definition) is 20. The Labute approximate surface area is 498 Å². The van der Waals surface area contributed by atoms with E-state index in [2.05, 4.69) is 19.9 Å². The summed E-state index contributed by atoms with van der Waals surface area (Å²) in [6.07, 6.45) is 7.48. The van der Waals surface area contributed by atoms with Crippen molar-refractivity contribution in [3.8, 4) is 57.0 Å². The van der Waals surface area contributed by atoms with Gasteiger partial charge in [0.2, 0.25) is 11.6 Å². The maximum atomic E-state index is 14.6. The predicted molar refractivity (Wildman–Crippen MR) is 316 cm³/mol. The third-order valence-corrected chi connectivity index (χ3v) is 15.1. The summed E-state index contributed by atoms with van der Waals surface area (Å²) in [5, 5.41) is 32.9. The molecule has 0 aliphatic heterocycles. The van der Waals surface area contributed by atoms with Crippen LogP contribution in [0.3, 0.4) is 0 Å². The summed E-state index contributed by atoms with van der Waals surface area (Å²) in [6.45, 7) is 0. The molecule has 12 rings (SSSR count). The van der Waals surface area contributed by atoms with Gasteiger partial charge in [0.05, 0.1) is 58.0 Å². The third kappa shape index (κ3) is 12.5. The highest BCUT2D eigenvalue weighted by Gasteiger charge is 2.32. The molecule has 448 valence electrons. The molecule has 2 saturated carbocycles. The number of hydrogen-bond donors (Lipinski definition) is 2. The van der Waals surface area contributed by atoms with Crippen LogP contribution in [0.2, 0.25) is 0 Å². The van der Waals surface area contributed by atoms with E-state index in [9.17, 15) is 38.6 Å². The molecule has 24 nitrogen and oxygen atoms in total. The predicted octanol–water partition coefficient (Wildman–Crippen LogP) is 12.5. The van der Waals surface area contributed by atoms with E-state index in [0.29, 0.717) is 70.6 Å². The number of ether oxygens (including phenoxy) is 6. The molecule has 4 N–H and O–H groups in total. The molecule has 0 radical (unpaired) electrons. The molecule has 0 saturated heterocycles. The van der Waals surface area contributed by atoms with Crippen LogP contribution >= 0.6 is 0 Å². The van der Waals surface area contributed by atoms with Crippen LogP contribution in [0.4, 0.5) is 31.8 Å². The van der Waals surface area contributed by atoms with Crippen LogP contribution in [0.1, 0.15) is 84.2 Å². The van der Waals surface area contributed by atoms with Gasteiger partial charge in [-0.3, -0.25) is 20.2 Å². The van der Waals surface area contributed by atoms with Gasteiger partial charge in [0.25, 0.3) is 11.4 Å². The first-order valence-electron chi connectivity index (χ1n) is 27.7. The first-order valence-corrected chi connectivity index (χ1v) is 27.7. The number of halogens is 2. The number of fused-ring (bicyclic) bond motifs is 2. The summed E-state index contributed by atoms with van der Waals surface area (Å²) < 4.78 is 65.9. The molecule has 0 bridgehead atoms. The van der Waals surface area contributed by atoms with Crippen molar-refractivity contribution >= 4 is 57.0 Å². The van der Waals surface area contributed by atoms with Crippen LogP contribution in [0.25, 0.3) is 44.6 Å². The minimum atomic E-state index is -0.599. The number of esters is 2. The number of nitro groups is 2. The second-order valence-electron chi connectivity index (χ2n) is 20.6. The van der Waals surface area contributed by atoms with E-state index >= 15 is 0 Å². The lowest BCUT2D eigenvalue weighted by Gasteiger charge is -2.29. The van der Waals surface area contributed by atoms with Crippen LogP contribution in [0.5, 0.6) is 34.5 Å². The molecule has 0 spiro atoms. The number of carbonyl (C=O) groups excluding carboxylic acids is 2. The van der Waals surface area contributed by atoms with Crippen LogP contribution in [0.15, 0.2) is 146 Å². The summed E-state index contributed by atoms with van der Waals surface area (Å²) in [7, 11) is 2.77. The largest absolute Gasteiger partial charge is 0.494 e. The third-order valence-electron chi connectivity index (χ3n) is 15.1. The van der Waals surface area contributed by atoms with Crippen LogP contribution in [-0.2, 0) is 9.47 Å². The number of nitrogens with zero attached hydrogens (tertiary/aromatic N) is 10. The van der Waals surface area contributed by atoms with Gasteiger partial charge in [-0.05, 0) is 136 Å². The SMILES string of the molecule is COc1cccc(Oc2ccc(-c3nn([C@@H]4CCC[C@@H](OC(=O)c5ccc([N+](=O)[O-])cc5)C4)c4ncnc(N)c34)cc2)c1F.COc1cccc(Oc2ccc(-c3nn([C@H]4CCC[C@H](OC(=O)c5ccc([N+](=O)[O-])cc5)C4)c4ncnc(N)c34)cc2)c1F. The smallest absolute Gasteiger partial charge is 0.338 e. The molecule has 10 aromatic rings. The van der Waals surface area contributed by atoms with Gasteiger partial charge in [-0.2, -0.15) is 19.0 Å². The molecule has 6 aromatic carbocycles. The number of nitrogens with two attached hydrogens (primary N) is 2. The van der Waals surface area contributed by atoms with Gasteiger partial charge >= 0.3 is 11.9 Å². The van der Waals surface area contributed by atoms with E-state index in [0.717, 1.165) is 36.8 Å². The number of carbonyl (C=O) groups is 2. The molecule has 88 heavy (non-hydrogen) atoms. The van der Waals surface area contributed by atoms with Gasteiger partial charge in [0, 0.05) is 48.2 Å². The number of methoxy groups -OCH3 is 2. The molecule has 0 unspecified atom stereocenters. The maximum Gasteiger partial charge on any atom is 0.338 e. The molecule has 4 aromatic heterocycles. The Bertz CT molecular complexity index is 3960. The Balaban J connectivity index is 0.000000182. The first kappa shape index (κ1) is 58.6.